The van der Waals surface area contributed by atoms with Gasteiger partial charge in [0.25, 0.3) is 0 Å². The normalized spacial score (nSPS) is 10.8. The SMILES string of the molecule is CCNC(=NCCCCn1ccccc1=O)NCCc1ccc(OC)c(OC)c1.I. The van der Waals surface area contributed by atoms with Gasteiger partial charge in [0, 0.05) is 38.4 Å². The Morgan fingerprint density at radius 2 is 1.87 bits per heavy atom. The second kappa shape index (κ2) is 14.7. The molecule has 0 radical (unpaired) electrons. The maximum atomic E-state index is 11.7. The number of aromatic nitrogens is 1. The molecule has 7 nitrogen and oxygen atoms in total. The minimum absolute atomic E-state index is 0. The lowest BCUT2D eigenvalue weighted by Gasteiger charge is -2.13. The number of benzene rings is 1. The summed E-state index contributed by atoms with van der Waals surface area (Å²) in [5, 5.41) is 6.63. The minimum Gasteiger partial charge on any atom is -0.493 e. The van der Waals surface area contributed by atoms with Crippen molar-refractivity contribution in [2.75, 3.05) is 33.9 Å². The van der Waals surface area contributed by atoms with Crippen LogP contribution in [-0.2, 0) is 13.0 Å². The smallest absolute Gasteiger partial charge is 0.250 e. The molecule has 0 aliphatic heterocycles. The molecule has 0 bridgehead atoms. The number of aliphatic imine (C=N–C) groups is 1. The van der Waals surface area contributed by atoms with Crippen molar-refractivity contribution in [3.8, 4) is 11.5 Å². The molecular formula is C22H33IN4O3. The molecule has 0 spiro atoms. The molecule has 2 N–H and O–H groups in total. The fraction of sp³-hybridized carbons (Fsp3) is 0.455. The fourth-order valence-corrected chi connectivity index (χ4v) is 2.93. The standard InChI is InChI=1S/C22H32N4O3.HI/c1-4-23-22(24-13-6-8-16-26-15-7-5-9-21(26)27)25-14-12-18-10-11-19(28-2)20(17-18)29-3;/h5,7,9-11,15,17H,4,6,8,12-14,16H2,1-3H3,(H2,23,24,25);1H. The van der Waals surface area contributed by atoms with Crippen molar-refractivity contribution in [1.82, 2.24) is 15.2 Å². The van der Waals surface area contributed by atoms with Gasteiger partial charge in [-0.2, -0.15) is 0 Å². The molecule has 0 saturated carbocycles. The Morgan fingerprint density at radius 3 is 2.57 bits per heavy atom. The summed E-state index contributed by atoms with van der Waals surface area (Å²) in [4.78, 5) is 16.3. The highest BCUT2D eigenvalue weighted by molar-refractivity contribution is 14.0. The van der Waals surface area contributed by atoms with Gasteiger partial charge >= 0.3 is 0 Å². The van der Waals surface area contributed by atoms with Crippen molar-refractivity contribution in [2.45, 2.75) is 32.7 Å². The van der Waals surface area contributed by atoms with Crippen molar-refractivity contribution in [1.29, 1.82) is 0 Å². The van der Waals surface area contributed by atoms with E-state index >= 15 is 0 Å². The van der Waals surface area contributed by atoms with Gasteiger partial charge in [0.05, 0.1) is 14.2 Å². The molecule has 0 saturated heterocycles. The third kappa shape index (κ3) is 8.64. The van der Waals surface area contributed by atoms with E-state index in [4.69, 9.17) is 9.47 Å². The van der Waals surface area contributed by atoms with E-state index in [1.54, 1.807) is 30.9 Å². The predicted octanol–water partition coefficient (Wildman–Crippen LogP) is 3.06. The van der Waals surface area contributed by atoms with E-state index < -0.39 is 0 Å². The number of pyridine rings is 1. The van der Waals surface area contributed by atoms with Gasteiger partial charge in [-0.25, -0.2) is 0 Å². The molecule has 2 aromatic rings. The highest BCUT2D eigenvalue weighted by Crippen LogP contribution is 2.27. The minimum atomic E-state index is 0. The van der Waals surface area contributed by atoms with Gasteiger partial charge in [-0.3, -0.25) is 9.79 Å². The van der Waals surface area contributed by atoms with Gasteiger partial charge in [0.2, 0.25) is 5.56 Å². The Hall–Kier alpha value is -2.23. The number of guanidine groups is 1. The molecule has 0 aliphatic rings. The monoisotopic (exact) mass is 528 g/mol. The first-order chi connectivity index (χ1) is 14.2. The van der Waals surface area contributed by atoms with Gasteiger partial charge in [-0.1, -0.05) is 12.1 Å². The number of nitrogens with zero attached hydrogens (tertiary/aromatic N) is 2. The molecule has 0 atom stereocenters. The van der Waals surface area contributed by atoms with Crippen molar-refractivity contribution in [2.24, 2.45) is 4.99 Å². The van der Waals surface area contributed by atoms with Crippen molar-refractivity contribution in [3.05, 3.63) is 58.5 Å². The highest BCUT2D eigenvalue weighted by atomic mass is 127. The van der Waals surface area contributed by atoms with Crippen molar-refractivity contribution in [3.63, 3.8) is 0 Å². The zero-order valence-corrected chi connectivity index (χ0v) is 20.3. The number of hydrogen-bond acceptors (Lipinski definition) is 4. The third-order valence-electron chi connectivity index (χ3n) is 4.47. The molecule has 0 aliphatic carbocycles. The largest absolute Gasteiger partial charge is 0.493 e. The Bertz CT molecular complexity index is 839. The highest BCUT2D eigenvalue weighted by Gasteiger charge is 2.05. The molecule has 1 aromatic heterocycles. The third-order valence-corrected chi connectivity index (χ3v) is 4.47. The number of hydrogen-bond donors (Lipinski definition) is 2. The number of aryl methyl sites for hydroxylation is 1. The Balaban J connectivity index is 0.00000450. The maximum Gasteiger partial charge on any atom is 0.250 e. The number of nitrogens with one attached hydrogen (secondary N) is 2. The second-order valence-corrected chi connectivity index (χ2v) is 6.57. The number of halogens is 1. The first kappa shape index (κ1) is 25.8. The topological polar surface area (TPSA) is 76.9 Å². The van der Waals surface area contributed by atoms with E-state index in [0.29, 0.717) is 6.54 Å². The lowest BCUT2D eigenvalue weighted by molar-refractivity contribution is 0.354. The molecule has 166 valence electrons. The Kier molecular flexibility index (Phi) is 12.6. The number of methoxy groups -OCH3 is 2. The summed E-state index contributed by atoms with van der Waals surface area (Å²) in [5.74, 6) is 2.28. The van der Waals surface area contributed by atoms with Crippen LogP contribution in [0.4, 0.5) is 0 Å². The van der Waals surface area contributed by atoms with Crippen LogP contribution in [0.25, 0.3) is 0 Å². The van der Waals surface area contributed by atoms with Gasteiger partial charge in [-0.05, 0) is 49.9 Å². The lowest BCUT2D eigenvalue weighted by atomic mass is 10.1. The van der Waals surface area contributed by atoms with E-state index in [1.165, 1.54) is 5.56 Å². The van der Waals surface area contributed by atoms with E-state index in [0.717, 1.165) is 56.4 Å². The predicted molar refractivity (Wildman–Crippen MR) is 133 cm³/mol. The van der Waals surface area contributed by atoms with Gasteiger partial charge in [-0.15, -0.1) is 24.0 Å². The zero-order chi connectivity index (χ0) is 20.9. The van der Waals surface area contributed by atoms with Crippen LogP contribution in [0.2, 0.25) is 0 Å². The number of rotatable bonds is 11. The van der Waals surface area contributed by atoms with Crippen LogP contribution >= 0.6 is 24.0 Å². The molecule has 1 heterocycles. The summed E-state index contributed by atoms with van der Waals surface area (Å²) < 4.78 is 12.4. The van der Waals surface area contributed by atoms with Crippen LogP contribution in [0.5, 0.6) is 11.5 Å². The van der Waals surface area contributed by atoms with Gasteiger partial charge in [0.1, 0.15) is 0 Å². The van der Waals surface area contributed by atoms with E-state index in [9.17, 15) is 4.79 Å². The van der Waals surface area contributed by atoms with Crippen LogP contribution in [-0.4, -0.2) is 44.4 Å². The van der Waals surface area contributed by atoms with Gasteiger partial charge < -0.3 is 24.7 Å². The molecule has 8 heteroatoms. The summed E-state index contributed by atoms with van der Waals surface area (Å²) >= 11 is 0. The van der Waals surface area contributed by atoms with E-state index in [1.807, 2.05) is 37.4 Å². The fourth-order valence-electron chi connectivity index (χ4n) is 2.93. The average Bonchev–Trinajstić information content (AvgIpc) is 2.74. The summed E-state index contributed by atoms with van der Waals surface area (Å²) in [6.45, 7) is 5.06. The van der Waals surface area contributed by atoms with Crippen LogP contribution in [0.15, 0.2) is 52.4 Å². The Labute approximate surface area is 195 Å². The molecule has 0 fully saturated rings. The van der Waals surface area contributed by atoms with Crippen LogP contribution in [0, 0.1) is 0 Å². The first-order valence-electron chi connectivity index (χ1n) is 10.1. The maximum absolute atomic E-state index is 11.7. The molecule has 30 heavy (non-hydrogen) atoms. The van der Waals surface area contributed by atoms with E-state index in [-0.39, 0.29) is 29.5 Å². The van der Waals surface area contributed by atoms with E-state index in [2.05, 4.69) is 15.6 Å². The summed E-state index contributed by atoms with van der Waals surface area (Å²) in [6.07, 6.45) is 4.51. The first-order valence-corrected chi connectivity index (χ1v) is 10.1. The molecule has 1 aromatic carbocycles. The summed E-state index contributed by atoms with van der Waals surface area (Å²) in [6, 6.07) is 11.2. The molecule has 2 rings (SSSR count). The lowest BCUT2D eigenvalue weighted by Crippen LogP contribution is -2.38. The van der Waals surface area contributed by atoms with Crippen LogP contribution in [0.3, 0.4) is 0 Å². The quantitative estimate of drug-likeness (QED) is 0.203. The average molecular weight is 528 g/mol. The van der Waals surface area contributed by atoms with Crippen molar-refractivity contribution < 1.29 is 9.47 Å². The van der Waals surface area contributed by atoms with Gasteiger partial charge in [0.15, 0.2) is 17.5 Å². The van der Waals surface area contributed by atoms with Crippen LogP contribution in [0.1, 0.15) is 25.3 Å². The molecule has 0 amide bonds. The molecule has 0 unspecified atom stereocenters. The summed E-state index contributed by atoms with van der Waals surface area (Å²) in [5.41, 5.74) is 1.21. The Morgan fingerprint density at radius 1 is 1.07 bits per heavy atom. The number of ether oxygens (including phenoxy) is 2. The van der Waals surface area contributed by atoms with Crippen molar-refractivity contribution >= 4 is 29.9 Å². The number of unbranched alkanes of at least 4 members (excludes halogenated alkanes) is 1. The molecular weight excluding hydrogens is 495 g/mol. The summed E-state index contributed by atoms with van der Waals surface area (Å²) in [7, 11) is 3.28. The van der Waals surface area contributed by atoms with Crippen LogP contribution < -0.4 is 25.7 Å². The zero-order valence-electron chi connectivity index (χ0n) is 18.0. The second-order valence-electron chi connectivity index (χ2n) is 6.57.